The summed E-state index contributed by atoms with van der Waals surface area (Å²) in [6.45, 7) is 3.96. The van der Waals surface area contributed by atoms with E-state index in [4.69, 9.17) is 28.6 Å². The second-order valence-electron chi connectivity index (χ2n) is 6.07. The van der Waals surface area contributed by atoms with Crippen LogP contribution in [0.4, 0.5) is 0 Å². The number of amides is 2. The number of hydrogen-bond donors (Lipinski definition) is 3. The molecule has 6 nitrogen and oxygen atoms in total. The zero-order valence-corrected chi connectivity index (χ0v) is 18.4. The predicted octanol–water partition coefficient (Wildman–Crippen LogP) is 3.94. The van der Waals surface area contributed by atoms with Crippen molar-refractivity contribution in [2.45, 2.75) is 19.8 Å². The second kappa shape index (κ2) is 10.4. The van der Waals surface area contributed by atoms with E-state index < -0.39 is 11.8 Å². The summed E-state index contributed by atoms with van der Waals surface area (Å²) in [5.41, 5.74) is 6.23. The van der Waals surface area contributed by atoms with Gasteiger partial charge in [-0.1, -0.05) is 43.6 Å². The van der Waals surface area contributed by atoms with Crippen molar-refractivity contribution in [2.24, 2.45) is 0 Å². The van der Waals surface area contributed by atoms with Crippen LogP contribution in [-0.2, 0) is 4.79 Å². The summed E-state index contributed by atoms with van der Waals surface area (Å²) in [5.74, 6) is -0.00839. The molecule has 0 fully saturated rings. The number of hydrogen-bond acceptors (Lipinski definition) is 4. The highest BCUT2D eigenvalue weighted by Crippen LogP contribution is 2.28. The van der Waals surface area contributed by atoms with Crippen molar-refractivity contribution in [3.05, 3.63) is 63.1 Å². The average Bonchev–Trinajstić information content (AvgIpc) is 2.65. The molecule has 0 aromatic heterocycles. The Labute approximate surface area is 182 Å². The zero-order valence-electron chi connectivity index (χ0n) is 15.2. The lowest BCUT2D eigenvalue weighted by atomic mass is 10.0. The number of carbonyl (C=O) groups excluding carboxylic acids is 2. The van der Waals surface area contributed by atoms with Gasteiger partial charge in [0, 0.05) is 0 Å². The Bertz CT molecular complexity index is 892. The summed E-state index contributed by atoms with van der Waals surface area (Å²) in [7, 11) is 0. The maximum absolute atomic E-state index is 12.1. The molecule has 2 aromatic rings. The highest BCUT2D eigenvalue weighted by molar-refractivity contribution is 9.10. The van der Waals surface area contributed by atoms with Crippen molar-refractivity contribution in [3.8, 4) is 5.75 Å². The van der Waals surface area contributed by atoms with Crippen LogP contribution < -0.4 is 20.9 Å². The Balaban J connectivity index is 1.78. The largest absolute Gasteiger partial charge is 0.483 e. The Morgan fingerprint density at radius 1 is 1.18 bits per heavy atom. The first-order valence-electron chi connectivity index (χ1n) is 8.35. The molecule has 0 heterocycles. The first-order chi connectivity index (χ1) is 13.3. The van der Waals surface area contributed by atoms with E-state index >= 15 is 0 Å². The van der Waals surface area contributed by atoms with Crippen molar-refractivity contribution in [1.29, 1.82) is 0 Å². The minimum Gasteiger partial charge on any atom is -0.483 e. The van der Waals surface area contributed by atoms with Gasteiger partial charge in [-0.3, -0.25) is 25.8 Å². The van der Waals surface area contributed by atoms with Crippen LogP contribution in [0.15, 0.2) is 46.9 Å². The number of hydrazine groups is 1. The van der Waals surface area contributed by atoms with Crippen LogP contribution in [0.3, 0.4) is 0 Å². The van der Waals surface area contributed by atoms with Crippen molar-refractivity contribution < 1.29 is 14.3 Å². The van der Waals surface area contributed by atoms with E-state index in [1.54, 1.807) is 30.3 Å². The molecule has 28 heavy (non-hydrogen) atoms. The molecule has 3 N–H and O–H groups in total. The van der Waals surface area contributed by atoms with Crippen LogP contribution in [0.2, 0.25) is 5.02 Å². The van der Waals surface area contributed by atoms with Gasteiger partial charge >= 0.3 is 0 Å². The van der Waals surface area contributed by atoms with E-state index in [2.05, 4.69) is 45.9 Å². The van der Waals surface area contributed by atoms with Gasteiger partial charge in [0.15, 0.2) is 11.7 Å². The van der Waals surface area contributed by atoms with Gasteiger partial charge in [0.05, 0.1) is 15.1 Å². The SMILES string of the molecule is CC(C)c1ccc(OCC(=O)NNC(=S)NC(=O)c2ccccc2Cl)c(Br)c1. The fourth-order valence-corrected chi connectivity index (χ4v) is 3.02. The molecular weight excluding hydrogens is 466 g/mol. The molecule has 0 saturated carbocycles. The summed E-state index contributed by atoms with van der Waals surface area (Å²) in [4.78, 5) is 24.0. The van der Waals surface area contributed by atoms with Gasteiger partial charge in [0.25, 0.3) is 11.8 Å². The zero-order chi connectivity index (χ0) is 20.7. The van der Waals surface area contributed by atoms with Crippen LogP contribution >= 0.6 is 39.7 Å². The van der Waals surface area contributed by atoms with E-state index in [9.17, 15) is 9.59 Å². The number of nitrogens with one attached hydrogen (secondary N) is 3. The highest BCUT2D eigenvalue weighted by atomic mass is 79.9. The first kappa shape index (κ1) is 22.1. The fraction of sp³-hybridized carbons (Fsp3) is 0.211. The molecule has 2 rings (SSSR count). The van der Waals surface area contributed by atoms with Gasteiger partial charge < -0.3 is 4.74 Å². The molecule has 0 saturated heterocycles. The Morgan fingerprint density at radius 3 is 2.54 bits per heavy atom. The van der Waals surface area contributed by atoms with E-state index in [0.29, 0.717) is 16.7 Å². The third kappa shape index (κ3) is 6.47. The molecule has 0 spiro atoms. The molecule has 2 aromatic carbocycles. The molecule has 148 valence electrons. The van der Waals surface area contributed by atoms with E-state index in [1.807, 2.05) is 12.1 Å². The van der Waals surface area contributed by atoms with Gasteiger partial charge in [0.2, 0.25) is 0 Å². The monoisotopic (exact) mass is 483 g/mol. The summed E-state index contributed by atoms with van der Waals surface area (Å²) in [5, 5.41) is 2.66. The van der Waals surface area contributed by atoms with E-state index in [0.717, 1.165) is 10.0 Å². The molecule has 2 amide bonds. The van der Waals surface area contributed by atoms with Crippen LogP contribution in [0.1, 0.15) is 35.7 Å². The summed E-state index contributed by atoms with van der Waals surface area (Å²) < 4.78 is 6.25. The summed E-state index contributed by atoms with van der Waals surface area (Å²) >= 11 is 14.4. The van der Waals surface area contributed by atoms with Crippen molar-refractivity contribution in [3.63, 3.8) is 0 Å². The fourth-order valence-electron chi connectivity index (χ4n) is 2.15. The van der Waals surface area contributed by atoms with Crippen LogP contribution in [0.25, 0.3) is 0 Å². The minimum absolute atomic E-state index is 0.0688. The molecule has 0 bridgehead atoms. The normalized spacial score (nSPS) is 10.3. The Hall–Kier alpha value is -2.16. The lowest BCUT2D eigenvalue weighted by Gasteiger charge is -2.13. The Morgan fingerprint density at radius 2 is 1.89 bits per heavy atom. The molecule has 0 aliphatic rings. The van der Waals surface area contributed by atoms with Crippen molar-refractivity contribution in [2.75, 3.05) is 6.61 Å². The van der Waals surface area contributed by atoms with Crippen molar-refractivity contribution >= 4 is 56.7 Å². The second-order valence-corrected chi connectivity index (χ2v) is 7.74. The summed E-state index contributed by atoms with van der Waals surface area (Å²) in [6.07, 6.45) is 0. The van der Waals surface area contributed by atoms with E-state index in [-0.39, 0.29) is 17.3 Å². The number of rotatable bonds is 5. The number of ether oxygens (including phenoxy) is 1. The van der Waals surface area contributed by atoms with Gasteiger partial charge in [-0.2, -0.15) is 0 Å². The average molecular weight is 485 g/mol. The molecule has 0 aliphatic heterocycles. The van der Waals surface area contributed by atoms with Crippen LogP contribution in [0.5, 0.6) is 5.75 Å². The van der Waals surface area contributed by atoms with Gasteiger partial charge in [-0.15, -0.1) is 0 Å². The van der Waals surface area contributed by atoms with Gasteiger partial charge in [0.1, 0.15) is 5.75 Å². The molecule has 0 aliphatic carbocycles. The summed E-state index contributed by atoms with van der Waals surface area (Å²) in [6, 6.07) is 12.3. The minimum atomic E-state index is -0.484. The third-order valence-corrected chi connectivity index (χ3v) is 4.80. The molecule has 0 unspecified atom stereocenters. The molecule has 0 radical (unpaired) electrons. The number of halogens is 2. The molecule has 0 atom stereocenters. The van der Waals surface area contributed by atoms with E-state index in [1.165, 1.54) is 0 Å². The van der Waals surface area contributed by atoms with Crippen LogP contribution in [-0.4, -0.2) is 23.5 Å². The van der Waals surface area contributed by atoms with Crippen molar-refractivity contribution in [1.82, 2.24) is 16.2 Å². The Kier molecular flexibility index (Phi) is 8.22. The number of carbonyl (C=O) groups is 2. The third-order valence-electron chi connectivity index (χ3n) is 3.64. The number of benzene rings is 2. The maximum atomic E-state index is 12.1. The van der Waals surface area contributed by atoms with Gasteiger partial charge in [-0.05, 0) is 63.9 Å². The van der Waals surface area contributed by atoms with Gasteiger partial charge in [-0.25, -0.2) is 0 Å². The predicted molar refractivity (Wildman–Crippen MR) is 117 cm³/mol. The van der Waals surface area contributed by atoms with Crippen LogP contribution in [0, 0.1) is 0 Å². The lowest BCUT2D eigenvalue weighted by Crippen LogP contribution is -2.49. The topological polar surface area (TPSA) is 79.5 Å². The standard InChI is InChI=1S/C19H19BrClN3O3S/c1-11(2)12-7-8-16(14(20)9-12)27-10-17(25)23-24-19(28)22-18(26)13-5-3-4-6-15(13)21/h3-9,11H,10H2,1-2H3,(H,23,25)(H2,22,24,26,28). The lowest BCUT2D eigenvalue weighted by molar-refractivity contribution is -0.123. The maximum Gasteiger partial charge on any atom is 0.276 e. The smallest absolute Gasteiger partial charge is 0.276 e. The molecule has 9 heteroatoms. The molecular formula is C19H19BrClN3O3S. The first-order valence-corrected chi connectivity index (χ1v) is 9.92. The quantitative estimate of drug-likeness (QED) is 0.442. The highest BCUT2D eigenvalue weighted by Gasteiger charge is 2.12. The number of thiocarbonyl (C=S) groups is 1.